The van der Waals surface area contributed by atoms with Gasteiger partial charge in [0.05, 0.1) is 0 Å². The fourth-order valence-corrected chi connectivity index (χ4v) is 5.01. The molecule has 2 heterocycles. The summed E-state index contributed by atoms with van der Waals surface area (Å²) in [4.78, 5) is 6.20. The van der Waals surface area contributed by atoms with E-state index in [1.54, 1.807) is 0 Å². The van der Waals surface area contributed by atoms with Crippen LogP contribution in [0.25, 0.3) is 10.9 Å². The van der Waals surface area contributed by atoms with Crippen LogP contribution >= 0.6 is 0 Å². The van der Waals surface area contributed by atoms with E-state index < -0.39 is 0 Å². The number of benzene rings is 1. The Morgan fingerprint density at radius 1 is 1.36 bits per heavy atom. The number of hydrogen-bond acceptors (Lipinski definition) is 2. The molecule has 2 N–H and O–H groups in total. The highest BCUT2D eigenvalue weighted by Gasteiger charge is 2.51. The first kappa shape index (κ1) is 13.1. The van der Waals surface area contributed by atoms with Crippen LogP contribution in [-0.4, -0.2) is 39.7 Å². The minimum absolute atomic E-state index is 0.325. The van der Waals surface area contributed by atoms with Crippen LogP contribution < -0.4 is 0 Å². The van der Waals surface area contributed by atoms with Crippen molar-refractivity contribution in [3.63, 3.8) is 0 Å². The first-order valence-electron chi connectivity index (χ1n) is 8.66. The lowest BCUT2D eigenvalue weighted by Gasteiger charge is -2.49. The summed E-state index contributed by atoms with van der Waals surface area (Å²) in [5.74, 6) is 1.00. The number of piperidine rings is 1. The Balaban J connectivity index is 1.64. The van der Waals surface area contributed by atoms with Gasteiger partial charge in [0.2, 0.25) is 0 Å². The highest BCUT2D eigenvalue weighted by atomic mass is 16.3. The lowest BCUT2D eigenvalue weighted by molar-refractivity contribution is 0.0207. The molecule has 0 radical (unpaired) electrons. The Hall–Kier alpha value is -1.32. The third-order valence-corrected chi connectivity index (χ3v) is 6.48. The van der Waals surface area contributed by atoms with Crippen LogP contribution in [-0.2, 0) is 6.42 Å². The molecule has 3 aliphatic rings. The molecule has 5 rings (SSSR count). The maximum Gasteiger partial charge on any atom is 0.0471 e. The van der Waals surface area contributed by atoms with Crippen LogP contribution in [0, 0.1) is 5.92 Å². The molecule has 0 bridgehead atoms. The Morgan fingerprint density at radius 2 is 2.23 bits per heavy atom. The van der Waals surface area contributed by atoms with E-state index in [1.165, 1.54) is 34.9 Å². The van der Waals surface area contributed by atoms with Crippen molar-refractivity contribution in [2.24, 2.45) is 5.92 Å². The van der Waals surface area contributed by atoms with Gasteiger partial charge >= 0.3 is 0 Å². The highest BCUT2D eigenvalue weighted by molar-refractivity contribution is 5.88. The predicted octanol–water partition coefficient (Wildman–Crippen LogP) is 3.04. The normalized spacial score (nSPS) is 32.9. The van der Waals surface area contributed by atoms with Crippen molar-refractivity contribution >= 4 is 10.9 Å². The molecule has 1 aromatic carbocycles. The summed E-state index contributed by atoms with van der Waals surface area (Å²) >= 11 is 0. The van der Waals surface area contributed by atoms with Gasteiger partial charge in [-0.15, -0.1) is 0 Å². The number of aliphatic hydroxyl groups excluding tert-OH is 1. The second kappa shape index (κ2) is 4.36. The monoisotopic (exact) mass is 296 g/mol. The first-order valence-corrected chi connectivity index (χ1v) is 8.66. The molecule has 1 aliphatic heterocycles. The molecule has 3 atom stereocenters. The molecule has 2 fully saturated rings. The molecule has 22 heavy (non-hydrogen) atoms. The van der Waals surface area contributed by atoms with Crippen molar-refractivity contribution in [1.29, 1.82) is 0 Å². The standard InChI is InChI=1S/C19H24N2O/c1-19(5-6-19)21-10-12(11-22)7-15-14-3-2-4-16-18(14)13(9-20-16)8-17(15)21/h2-4,9,12,15,17,20,22H,5-8,10-11H2,1H3/t12-,15-,17-/m1/s1. The van der Waals surface area contributed by atoms with E-state index in [1.807, 2.05) is 0 Å². The number of hydrogen-bond donors (Lipinski definition) is 2. The molecule has 2 aliphatic carbocycles. The Kier molecular flexibility index (Phi) is 2.61. The van der Waals surface area contributed by atoms with Gasteiger partial charge in [0.25, 0.3) is 0 Å². The fraction of sp³-hybridized carbons (Fsp3) is 0.579. The zero-order valence-electron chi connectivity index (χ0n) is 13.2. The number of nitrogens with zero attached hydrogens (tertiary/aromatic N) is 1. The van der Waals surface area contributed by atoms with Crippen molar-refractivity contribution in [1.82, 2.24) is 9.88 Å². The number of fused-ring (bicyclic) bond motifs is 2. The van der Waals surface area contributed by atoms with E-state index >= 15 is 0 Å². The molecule has 116 valence electrons. The predicted molar refractivity (Wildman–Crippen MR) is 88.1 cm³/mol. The Morgan fingerprint density at radius 3 is 3.00 bits per heavy atom. The SMILES string of the molecule is CC1(N2C[C@H](CO)C[C@@H]3c4cccc5[nH]cc(c45)C[C@H]32)CC1. The molecule has 3 nitrogen and oxygen atoms in total. The van der Waals surface area contributed by atoms with Gasteiger partial charge in [0.15, 0.2) is 0 Å². The summed E-state index contributed by atoms with van der Waals surface area (Å²) in [6.45, 7) is 3.81. The Labute approximate surface area is 131 Å². The van der Waals surface area contributed by atoms with E-state index in [0.717, 1.165) is 19.4 Å². The smallest absolute Gasteiger partial charge is 0.0471 e. The summed E-state index contributed by atoms with van der Waals surface area (Å²) < 4.78 is 0. The van der Waals surface area contributed by atoms with E-state index in [0.29, 0.717) is 30.0 Å². The molecule has 1 aromatic heterocycles. The third-order valence-electron chi connectivity index (χ3n) is 6.48. The average molecular weight is 296 g/mol. The minimum atomic E-state index is 0.325. The van der Waals surface area contributed by atoms with Gasteiger partial charge in [0, 0.05) is 47.8 Å². The van der Waals surface area contributed by atoms with Gasteiger partial charge < -0.3 is 10.1 Å². The number of aromatic nitrogens is 1. The summed E-state index contributed by atoms with van der Waals surface area (Å²) in [7, 11) is 0. The summed E-state index contributed by atoms with van der Waals surface area (Å²) in [6, 6.07) is 7.31. The van der Waals surface area contributed by atoms with Crippen LogP contribution in [0.3, 0.4) is 0 Å². The molecule has 0 amide bonds. The van der Waals surface area contributed by atoms with Crippen LogP contribution in [0.1, 0.15) is 43.2 Å². The van der Waals surface area contributed by atoms with Gasteiger partial charge in [-0.2, -0.15) is 0 Å². The van der Waals surface area contributed by atoms with Crippen molar-refractivity contribution in [3.05, 3.63) is 35.5 Å². The number of H-pyrrole nitrogens is 1. The number of aliphatic hydroxyl groups is 1. The van der Waals surface area contributed by atoms with Gasteiger partial charge in [0.1, 0.15) is 0 Å². The quantitative estimate of drug-likeness (QED) is 0.894. The second-order valence-electron chi connectivity index (χ2n) is 7.90. The van der Waals surface area contributed by atoms with Crippen molar-refractivity contribution < 1.29 is 5.11 Å². The van der Waals surface area contributed by atoms with Crippen molar-refractivity contribution in [2.45, 2.75) is 50.1 Å². The number of aromatic amines is 1. The maximum atomic E-state index is 9.80. The summed E-state index contributed by atoms with van der Waals surface area (Å²) in [5, 5.41) is 11.3. The molecule has 2 aromatic rings. The zero-order valence-corrected chi connectivity index (χ0v) is 13.2. The van der Waals surface area contributed by atoms with E-state index in [2.05, 4.69) is 41.2 Å². The van der Waals surface area contributed by atoms with Crippen LogP contribution in [0.2, 0.25) is 0 Å². The zero-order chi connectivity index (χ0) is 14.9. The number of rotatable bonds is 2. The molecule has 0 unspecified atom stereocenters. The van der Waals surface area contributed by atoms with Crippen LogP contribution in [0.5, 0.6) is 0 Å². The van der Waals surface area contributed by atoms with Crippen molar-refractivity contribution in [2.75, 3.05) is 13.2 Å². The lowest BCUT2D eigenvalue weighted by Crippen LogP contribution is -2.55. The van der Waals surface area contributed by atoms with Gasteiger partial charge in [-0.05, 0) is 55.7 Å². The summed E-state index contributed by atoms with van der Waals surface area (Å²) in [5.41, 5.74) is 4.67. The number of likely N-dealkylation sites (tertiary alicyclic amines) is 1. The highest BCUT2D eigenvalue weighted by Crippen LogP contribution is 2.51. The van der Waals surface area contributed by atoms with E-state index in [-0.39, 0.29) is 0 Å². The molecule has 1 saturated carbocycles. The minimum Gasteiger partial charge on any atom is -0.396 e. The molecule has 0 spiro atoms. The van der Waals surface area contributed by atoms with E-state index in [9.17, 15) is 5.11 Å². The molecule has 3 heteroatoms. The molecule has 1 saturated heterocycles. The van der Waals surface area contributed by atoms with E-state index in [4.69, 9.17) is 0 Å². The summed E-state index contributed by atoms with van der Waals surface area (Å²) in [6.07, 6.45) is 7.15. The second-order valence-corrected chi connectivity index (χ2v) is 7.90. The van der Waals surface area contributed by atoms with Crippen LogP contribution in [0.4, 0.5) is 0 Å². The van der Waals surface area contributed by atoms with Gasteiger partial charge in [-0.1, -0.05) is 12.1 Å². The lowest BCUT2D eigenvalue weighted by atomic mass is 9.72. The third kappa shape index (κ3) is 1.70. The number of nitrogens with one attached hydrogen (secondary N) is 1. The fourth-order valence-electron chi connectivity index (χ4n) is 5.01. The Bertz CT molecular complexity index is 730. The van der Waals surface area contributed by atoms with Gasteiger partial charge in [-0.3, -0.25) is 4.90 Å². The molecular formula is C19H24N2O. The molecular weight excluding hydrogens is 272 g/mol. The van der Waals surface area contributed by atoms with Crippen molar-refractivity contribution in [3.8, 4) is 0 Å². The first-order chi connectivity index (χ1) is 10.7. The van der Waals surface area contributed by atoms with Gasteiger partial charge in [-0.25, -0.2) is 0 Å². The largest absolute Gasteiger partial charge is 0.396 e. The maximum absolute atomic E-state index is 9.80. The topological polar surface area (TPSA) is 39.3 Å². The average Bonchev–Trinajstić information content (AvgIpc) is 3.16. The van der Waals surface area contributed by atoms with Crippen LogP contribution in [0.15, 0.2) is 24.4 Å².